The largest absolute Gasteiger partial charge is 0.383 e. The zero-order chi connectivity index (χ0) is 14.9. The van der Waals surface area contributed by atoms with Gasteiger partial charge in [0.1, 0.15) is 10.5 Å². The highest BCUT2D eigenvalue weighted by atomic mass is 32.1. The molecule has 0 fully saturated rings. The van der Waals surface area contributed by atoms with Crippen LogP contribution in [0, 0.1) is 0 Å². The Morgan fingerprint density at radius 3 is 3.14 bits per heavy atom. The van der Waals surface area contributed by atoms with Crippen molar-refractivity contribution < 1.29 is 0 Å². The van der Waals surface area contributed by atoms with Crippen LogP contribution < -0.4 is 15.8 Å². The minimum atomic E-state index is -0.0452. The molecule has 4 rings (SSSR count). The highest BCUT2D eigenvalue weighted by Gasteiger charge is 2.16. The Morgan fingerprint density at radius 1 is 1.27 bits per heavy atom. The normalized spacial score (nSPS) is 14.5. The average Bonchev–Trinajstić information content (AvgIpc) is 2.91. The maximum Gasteiger partial charge on any atom is 0.268 e. The van der Waals surface area contributed by atoms with E-state index < -0.39 is 0 Å². The lowest BCUT2D eigenvalue weighted by Gasteiger charge is -2.23. The molecule has 1 aliphatic heterocycles. The summed E-state index contributed by atoms with van der Waals surface area (Å²) in [4.78, 5) is 21.9. The maximum absolute atomic E-state index is 12.1. The number of benzene rings is 1. The van der Waals surface area contributed by atoms with E-state index in [-0.39, 0.29) is 5.56 Å². The van der Waals surface area contributed by atoms with Crippen molar-refractivity contribution in [3.63, 3.8) is 0 Å². The lowest BCUT2D eigenvalue weighted by atomic mass is 10.2. The second-order valence-corrected chi connectivity index (χ2v) is 6.28. The second-order valence-electron chi connectivity index (χ2n) is 5.37. The minimum Gasteiger partial charge on any atom is -0.383 e. The van der Waals surface area contributed by atoms with Crippen molar-refractivity contribution in [1.82, 2.24) is 9.97 Å². The Kier molecular flexibility index (Phi) is 3.31. The molecular formula is C16H16N4OS. The van der Waals surface area contributed by atoms with Crippen molar-refractivity contribution in [1.29, 1.82) is 0 Å². The number of nitrogens with zero attached hydrogens (tertiary/aromatic N) is 2. The first-order valence-corrected chi connectivity index (χ1v) is 8.23. The van der Waals surface area contributed by atoms with Crippen molar-refractivity contribution in [2.75, 3.05) is 23.3 Å². The van der Waals surface area contributed by atoms with E-state index in [1.54, 1.807) is 0 Å². The van der Waals surface area contributed by atoms with Crippen LogP contribution in [0.25, 0.3) is 10.2 Å². The summed E-state index contributed by atoms with van der Waals surface area (Å²) < 4.78 is 0.696. The molecule has 3 heterocycles. The zero-order valence-electron chi connectivity index (χ0n) is 12.0. The van der Waals surface area contributed by atoms with Crippen LogP contribution in [0.5, 0.6) is 0 Å². The van der Waals surface area contributed by atoms with Crippen molar-refractivity contribution in [3.8, 4) is 0 Å². The number of fused-ring (bicyclic) bond motifs is 2. The van der Waals surface area contributed by atoms with Gasteiger partial charge in [0.2, 0.25) is 0 Å². The summed E-state index contributed by atoms with van der Waals surface area (Å²) in [6, 6.07) is 10.2. The van der Waals surface area contributed by atoms with Crippen LogP contribution in [-0.2, 0) is 6.54 Å². The number of anilines is 2. The van der Waals surface area contributed by atoms with Crippen LogP contribution in [0.15, 0.2) is 40.5 Å². The summed E-state index contributed by atoms with van der Waals surface area (Å²) in [5.41, 5.74) is 3.04. The van der Waals surface area contributed by atoms with Crippen LogP contribution in [-0.4, -0.2) is 23.1 Å². The maximum atomic E-state index is 12.1. The van der Waals surface area contributed by atoms with Gasteiger partial charge in [-0.25, -0.2) is 4.98 Å². The highest BCUT2D eigenvalue weighted by Crippen LogP contribution is 2.28. The molecule has 0 radical (unpaired) electrons. The molecule has 5 nitrogen and oxygen atoms in total. The van der Waals surface area contributed by atoms with Crippen LogP contribution >= 0.6 is 11.3 Å². The van der Waals surface area contributed by atoms with Crippen LogP contribution in [0.4, 0.5) is 11.4 Å². The first-order valence-electron chi connectivity index (χ1n) is 7.35. The Bertz CT molecular complexity index is 870. The SMILES string of the molecule is O=c1[nH]c(CN2CCCNc3ccccc32)nc2ccsc12. The summed E-state index contributed by atoms with van der Waals surface area (Å²) in [5, 5.41) is 5.35. The number of thiophene rings is 1. The molecule has 2 N–H and O–H groups in total. The number of hydrogen-bond acceptors (Lipinski definition) is 5. The predicted molar refractivity (Wildman–Crippen MR) is 90.8 cm³/mol. The van der Waals surface area contributed by atoms with E-state index in [0.29, 0.717) is 17.1 Å². The molecule has 0 amide bonds. The number of H-pyrrole nitrogens is 1. The molecule has 3 aromatic rings. The van der Waals surface area contributed by atoms with Crippen molar-refractivity contribution in [2.24, 2.45) is 0 Å². The van der Waals surface area contributed by atoms with Gasteiger partial charge in [0.25, 0.3) is 5.56 Å². The average molecular weight is 312 g/mol. The van der Waals surface area contributed by atoms with Crippen LogP contribution in [0.1, 0.15) is 12.2 Å². The fourth-order valence-electron chi connectivity index (χ4n) is 2.85. The van der Waals surface area contributed by atoms with Crippen LogP contribution in [0.2, 0.25) is 0 Å². The topological polar surface area (TPSA) is 61.0 Å². The Balaban J connectivity index is 1.71. The van der Waals surface area contributed by atoms with Crippen molar-refractivity contribution >= 4 is 32.9 Å². The molecule has 6 heteroatoms. The van der Waals surface area contributed by atoms with E-state index in [2.05, 4.69) is 32.3 Å². The predicted octanol–water partition coefficient (Wildman–Crippen LogP) is 2.81. The second kappa shape index (κ2) is 5.46. The fraction of sp³-hybridized carbons (Fsp3) is 0.250. The molecule has 0 aliphatic carbocycles. The monoisotopic (exact) mass is 312 g/mol. The van der Waals surface area contributed by atoms with Crippen LogP contribution in [0.3, 0.4) is 0 Å². The van der Waals surface area contributed by atoms with Gasteiger partial charge in [0.05, 0.1) is 23.4 Å². The van der Waals surface area contributed by atoms with Gasteiger partial charge in [-0.15, -0.1) is 11.3 Å². The number of aromatic amines is 1. The van der Waals surface area contributed by atoms with E-state index in [1.807, 2.05) is 23.6 Å². The molecule has 2 aromatic heterocycles. The van der Waals surface area contributed by atoms with E-state index >= 15 is 0 Å². The van der Waals surface area contributed by atoms with Gasteiger partial charge in [-0.2, -0.15) is 0 Å². The van der Waals surface area contributed by atoms with E-state index in [0.717, 1.165) is 36.4 Å². The Labute approximate surface area is 131 Å². The standard InChI is InChI=1S/C16H16N4OS/c21-16-15-12(6-9-22-15)18-14(19-16)10-20-8-3-7-17-11-4-1-2-5-13(11)20/h1-2,4-6,9,17H,3,7-8,10H2,(H,18,19,21). The molecule has 0 saturated heterocycles. The fourth-order valence-corrected chi connectivity index (χ4v) is 3.58. The Morgan fingerprint density at radius 2 is 2.18 bits per heavy atom. The molecule has 1 aromatic carbocycles. The number of aromatic nitrogens is 2. The number of hydrogen-bond donors (Lipinski definition) is 2. The molecule has 0 atom stereocenters. The van der Waals surface area contributed by atoms with Gasteiger partial charge in [0, 0.05) is 13.1 Å². The minimum absolute atomic E-state index is 0.0452. The quantitative estimate of drug-likeness (QED) is 0.764. The number of nitrogens with one attached hydrogen (secondary N) is 2. The molecule has 1 aliphatic rings. The summed E-state index contributed by atoms with van der Waals surface area (Å²) in [6.45, 7) is 2.51. The van der Waals surface area contributed by atoms with Gasteiger partial charge in [-0.1, -0.05) is 12.1 Å². The van der Waals surface area contributed by atoms with E-state index in [9.17, 15) is 4.79 Å². The number of rotatable bonds is 2. The summed E-state index contributed by atoms with van der Waals surface area (Å²) in [5.74, 6) is 0.715. The van der Waals surface area contributed by atoms with Gasteiger partial charge in [-0.3, -0.25) is 4.79 Å². The first kappa shape index (κ1) is 13.3. The van der Waals surface area contributed by atoms with E-state index in [4.69, 9.17) is 0 Å². The third kappa shape index (κ3) is 2.35. The van der Waals surface area contributed by atoms with Crippen molar-refractivity contribution in [2.45, 2.75) is 13.0 Å². The van der Waals surface area contributed by atoms with Gasteiger partial charge < -0.3 is 15.2 Å². The lowest BCUT2D eigenvalue weighted by molar-refractivity contribution is 0.736. The highest BCUT2D eigenvalue weighted by molar-refractivity contribution is 7.17. The molecule has 22 heavy (non-hydrogen) atoms. The first-order chi connectivity index (χ1) is 10.8. The third-order valence-corrected chi connectivity index (χ3v) is 4.77. The smallest absolute Gasteiger partial charge is 0.268 e. The van der Waals surface area contributed by atoms with Crippen molar-refractivity contribution in [3.05, 3.63) is 51.9 Å². The third-order valence-electron chi connectivity index (χ3n) is 3.87. The molecule has 0 unspecified atom stereocenters. The summed E-state index contributed by atoms with van der Waals surface area (Å²) >= 11 is 1.43. The van der Waals surface area contributed by atoms with Gasteiger partial charge >= 0.3 is 0 Å². The van der Waals surface area contributed by atoms with Gasteiger partial charge in [0.15, 0.2) is 0 Å². The number of para-hydroxylation sites is 2. The molecule has 0 bridgehead atoms. The molecule has 0 spiro atoms. The summed E-state index contributed by atoms with van der Waals surface area (Å²) in [6.07, 6.45) is 1.06. The summed E-state index contributed by atoms with van der Waals surface area (Å²) in [7, 11) is 0. The molecule has 112 valence electrons. The molecule has 0 saturated carbocycles. The molecular weight excluding hydrogens is 296 g/mol. The van der Waals surface area contributed by atoms with Gasteiger partial charge in [-0.05, 0) is 30.0 Å². The van der Waals surface area contributed by atoms with E-state index in [1.165, 1.54) is 11.3 Å². The lowest BCUT2D eigenvalue weighted by Crippen LogP contribution is -2.26. The Hall–Kier alpha value is -2.34. The zero-order valence-corrected chi connectivity index (χ0v) is 12.8.